The number of nitrogens with zero attached hydrogens (tertiary/aromatic N) is 1. The minimum Gasteiger partial charge on any atom is -0.305 e. The first-order valence-corrected chi connectivity index (χ1v) is 9.76. The molecule has 4 saturated carbocycles. The van der Waals surface area contributed by atoms with Gasteiger partial charge in [-0.2, -0.15) is 0 Å². The minimum atomic E-state index is -2.83. The van der Waals surface area contributed by atoms with Crippen molar-refractivity contribution in [2.45, 2.75) is 38.5 Å². The van der Waals surface area contributed by atoms with Crippen molar-refractivity contribution in [1.29, 1.82) is 0 Å². The lowest BCUT2D eigenvalue weighted by molar-refractivity contribution is -0.0655. The maximum absolute atomic E-state index is 11.3. The molecule has 4 aliphatic rings. The molecule has 4 rings (SSSR count). The average molecular weight is 285 g/mol. The molecule has 4 fully saturated rings. The van der Waals surface area contributed by atoms with Crippen molar-refractivity contribution < 1.29 is 8.42 Å². The highest BCUT2D eigenvalue weighted by Crippen LogP contribution is 2.60. The molecular formula is C15H27NO2S. The van der Waals surface area contributed by atoms with E-state index in [0.717, 1.165) is 24.3 Å². The van der Waals surface area contributed by atoms with Crippen LogP contribution in [0.15, 0.2) is 0 Å². The van der Waals surface area contributed by atoms with Crippen LogP contribution in [0.4, 0.5) is 0 Å². The van der Waals surface area contributed by atoms with Gasteiger partial charge in [-0.25, -0.2) is 8.42 Å². The predicted molar refractivity (Wildman–Crippen MR) is 77.8 cm³/mol. The Morgan fingerprint density at radius 1 is 1.05 bits per heavy atom. The van der Waals surface area contributed by atoms with E-state index in [0.29, 0.717) is 17.7 Å². The monoisotopic (exact) mass is 285 g/mol. The molecule has 110 valence electrons. The summed E-state index contributed by atoms with van der Waals surface area (Å²) in [6.45, 7) is 1.81. The Hall–Kier alpha value is -0.0900. The fourth-order valence-corrected chi connectivity index (χ4v) is 6.10. The Kier molecular flexibility index (Phi) is 3.45. The molecule has 4 aliphatic carbocycles. The van der Waals surface area contributed by atoms with Crippen molar-refractivity contribution in [3.8, 4) is 0 Å². The van der Waals surface area contributed by atoms with E-state index in [1.807, 2.05) is 0 Å². The second-order valence-electron chi connectivity index (χ2n) is 7.79. The fourth-order valence-electron chi connectivity index (χ4n) is 5.46. The molecule has 0 atom stereocenters. The standard InChI is InChI=1S/C15H27NO2S/c1-16(3-4-19(2,17)18)11-15-8-12-5-13(9-15)7-14(6-12)10-15/h12-14H,3-11H2,1-2H3. The van der Waals surface area contributed by atoms with Gasteiger partial charge in [-0.3, -0.25) is 0 Å². The molecular weight excluding hydrogens is 258 g/mol. The summed E-state index contributed by atoms with van der Waals surface area (Å²) in [5, 5.41) is 0. The van der Waals surface area contributed by atoms with E-state index in [4.69, 9.17) is 0 Å². The molecule has 0 heterocycles. The second kappa shape index (κ2) is 4.73. The van der Waals surface area contributed by atoms with Crippen molar-refractivity contribution in [2.75, 3.05) is 32.1 Å². The molecule has 0 aromatic heterocycles. The lowest BCUT2D eigenvalue weighted by atomic mass is 9.49. The molecule has 3 nitrogen and oxygen atoms in total. The van der Waals surface area contributed by atoms with Gasteiger partial charge in [0.15, 0.2) is 0 Å². The summed E-state index contributed by atoms with van der Waals surface area (Å²) in [4.78, 5) is 2.27. The molecule has 19 heavy (non-hydrogen) atoms. The van der Waals surface area contributed by atoms with Gasteiger partial charge >= 0.3 is 0 Å². The number of hydrogen-bond acceptors (Lipinski definition) is 3. The van der Waals surface area contributed by atoms with Crippen LogP contribution in [0.25, 0.3) is 0 Å². The molecule has 0 radical (unpaired) electrons. The summed E-state index contributed by atoms with van der Waals surface area (Å²) >= 11 is 0. The lowest BCUT2D eigenvalue weighted by Crippen LogP contribution is -2.51. The highest BCUT2D eigenvalue weighted by atomic mass is 32.2. The van der Waals surface area contributed by atoms with Gasteiger partial charge in [0.2, 0.25) is 0 Å². The summed E-state index contributed by atoms with van der Waals surface area (Å²) in [6, 6.07) is 0. The first kappa shape index (κ1) is 13.9. The van der Waals surface area contributed by atoms with Gasteiger partial charge < -0.3 is 4.90 Å². The van der Waals surface area contributed by atoms with Crippen molar-refractivity contribution in [1.82, 2.24) is 4.90 Å². The molecule has 4 heteroatoms. The van der Waals surface area contributed by atoms with Crippen LogP contribution in [0.1, 0.15) is 38.5 Å². The smallest absolute Gasteiger partial charge is 0.148 e. The van der Waals surface area contributed by atoms with Gasteiger partial charge in [0, 0.05) is 19.3 Å². The molecule has 0 N–H and O–H groups in total. The van der Waals surface area contributed by atoms with Crippen LogP contribution in [-0.4, -0.2) is 45.5 Å². The van der Waals surface area contributed by atoms with Gasteiger partial charge in [0.1, 0.15) is 9.84 Å². The number of hydrogen-bond donors (Lipinski definition) is 0. The quantitative estimate of drug-likeness (QED) is 0.777. The lowest BCUT2D eigenvalue weighted by Gasteiger charge is -2.57. The van der Waals surface area contributed by atoms with Gasteiger partial charge in [-0.05, 0) is 68.7 Å². The van der Waals surface area contributed by atoms with Crippen LogP contribution in [0.2, 0.25) is 0 Å². The van der Waals surface area contributed by atoms with E-state index in [1.165, 1.54) is 44.8 Å². The summed E-state index contributed by atoms with van der Waals surface area (Å²) < 4.78 is 22.5. The van der Waals surface area contributed by atoms with Crippen LogP contribution >= 0.6 is 0 Å². The fraction of sp³-hybridized carbons (Fsp3) is 1.00. The number of sulfone groups is 1. The van der Waals surface area contributed by atoms with Gasteiger partial charge in [-0.1, -0.05) is 0 Å². The maximum Gasteiger partial charge on any atom is 0.148 e. The van der Waals surface area contributed by atoms with Crippen LogP contribution in [0.5, 0.6) is 0 Å². The van der Waals surface area contributed by atoms with Gasteiger partial charge in [0.25, 0.3) is 0 Å². The molecule has 0 unspecified atom stereocenters. The molecule has 0 aromatic carbocycles. The Bertz CT molecular complexity index is 408. The van der Waals surface area contributed by atoms with Crippen LogP contribution in [0, 0.1) is 23.2 Å². The van der Waals surface area contributed by atoms with Crippen molar-refractivity contribution in [3.63, 3.8) is 0 Å². The highest BCUT2D eigenvalue weighted by molar-refractivity contribution is 7.90. The van der Waals surface area contributed by atoms with E-state index >= 15 is 0 Å². The molecule has 0 saturated heterocycles. The summed E-state index contributed by atoms with van der Waals surface area (Å²) in [5.41, 5.74) is 0.529. The molecule has 0 aromatic rings. The number of rotatable bonds is 5. The minimum absolute atomic E-state index is 0.301. The SMILES string of the molecule is CN(CCS(C)(=O)=O)CC12CC3CC(CC(C3)C1)C2. The summed E-state index contributed by atoms with van der Waals surface area (Å²) in [5.74, 6) is 3.24. The molecule has 0 spiro atoms. The predicted octanol–water partition coefficient (Wildman–Crippen LogP) is 2.18. The average Bonchev–Trinajstić information content (AvgIpc) is 2.22. The zero-order chi connectivity index (χ0) is 13.7. The summed E-state index contributed by atoms with van der Waals surface area (Å²) in [7, 11) is -0.726. The van der Waals surface area contributed by atoms with E-state index < -0.39 is 9.84 Å². The first-order chi connectivity index (χ1) is 8.84. The third-order valence-corrected chi connectivity index (χ3v) is 6.54. The zero-order valence-corrected chi connectivity index (χ0v) is 13.1. The van der Waals surface area contributed by atoms with E-state index in [1.54, 1.807) is 0 Å². The Balaban J connectivity index is 1.60. The van der Waals surface area contributed by atoms with E-state index in [-0.39, 0.29) is 0 Å². The van der Waals surface area contributed by atoms with Crippen molar-refractivity contribution >= 4 is 9.84 Å². The molecule has 4 bridgehead atoms. The Morgan fingerprint density at radius 3 is 1.95 bits per heavy atom. The topological polar surface area (TPSA) is 37.4 Å². The second-order valence-corrected chi connectivity index (χ2v) is 10.0. The Labute approximate surface area is 117 Å². The zero-order valence-electron chi connectivity index (χ0n) is 12.3. The third kappa shape index (κ3) is 3.15. The summed E-state index contributed by atoms with van der Waals surface area (Å²) in [6.07, 6.45) is 9.99. The van der Waals surface area contributed by atoms with Gasteiger partial charge in [-0.15, -0.1) is 0 Å². The van der Waals surface area contributed by atoms with Gasteiger partial charge in [0.05, 0.1) is 5.75 Å². The molecule has 0 aliphatic heterocycles. The van der Waals surface area contributed by atoms with Crippen LogP contribution < -0.4 is 0 Å². The van der Waals surface area contributed by atoms with Crippen molar-refractivity contribution in [2.24, 2.45) is 23.2 Å². The first-order valence-electron chi connectivity index (χ1n) is 7.70. The largest absolute Gasteiger partial charge is 0.305 e. The molecule has 0 amide bonds. The van der Waals surface area contributed by atoms with Crippen LogP contribution in [0.3, 0.4) is 0 Å². The normalized spacial score (nSPS) is 41.1. The third-order valence-electron chi connectivity index (χ3n) is 5.61. The maximum atomic E-state index is 11.3. The van der Waals surface area contributed by atoms with Crippen LogP contribution in [-0.2, 0) is 9.84 Å². The van der Waals surface area contributed by atoms with Crippen molar-refractivity contribution in [3.05, 3.63) is 0 Å². The van der Waals surface area contributed by atoms with E-state index in [9.17, 15) is 8.42 Å². The highest BCUT2D eigenvalue weighted by Gasteiger charge is 2.50. The van der Waals surface area contributed by atoms with E-state index in [2.05, 4.69) is 11.9 Å². The Morgan fingerprint density at radius 2 is 1.53 bits per heavy atom.